The van der Waals surface area contributed by atoms with E-state index in [1.54, 1.807) is 0 Å². The average molecular weight is 302 g/mol. The first-order valence-corrected chi connectivity index (χ1v) is 9.44. The highest BCUT2D eigenvalue weighted by Crippen LogP contribution is 2.38. The standard InChI is InChI=1S/C16H30O3S/c1-3-15(11-7-5-8-12-15)18-20(17)19-16(4-2)13-9-6-10-14-16/h3-14H2,1-2H3. The minimum Gasteiger partial charge on any atom is -0.262 e. The Hall–Kier alpha value is 0.0700. The lowest BCUT2D eigenvalue weighted by atomic mass is 9.83. The lowest BCUT2D eigenvalue weighted by Gasteiger charge is -2.38. The van der Waals surface area contributed by atoms with Crippen LogP contribution in [0.5, 0.6) is 0 Å². The summed E-state index contributed by atoms with van der Waals surface area (Å²) >= 11 is -1.59. The summed E-state index contributed by atoms with van der Waals surface area (Å²) < 4.78 is 24.2. The first kappa shape index (κ1) is 16.4. The van der Waals surface area contributed by atoms with Gasteiger partial charge in [0.2, 0.25) is 0 Å². The molecule has 0 aromatic heterocycles. The van der Waals surface area contributed by atoms with Gasteiger partial charge < -0.3 is 0 Å². The zero-order chi connectivity index (χ0) is 14.5. The molecule has 2 aliphatic carbocycles. The molecule has 20 heavy (non-hydrogen) atoms. The zero-order valence-electron chi connectivity index (χ0n) is 13.1. The third-order valence-corrected chi connectivity index (χ3v) is 6.29. The van der Waals surface area contributed by atoms with Gasteiger partial charge in [0.25, 0.3) is 0 Å². The van der Waals surface area contributed by atoms with Gasteiger partial charge in [-0.15, -0.1) is 0 Å². The van der Waals surface area contributed by atoms with E-state index in [4.69, 9.17) is 8.37 Å². The molecule has 118 valence electrons. The van der Waals surface area contributed by atoms with Crippen LogP contribution in [0.4, 0.5) is 0 Å². The average Bonchev–Trinajstić information content (AvgIpc) is 2.49. The molecule has 0 aromatic carbocycles. The molecular formula is C16H30O3S. The van der Waals surface area contributed by atoms with E-state index in [-0.39, 0.29) is 11.2 Å². The summed E-state index contributed by atoms with van der Waals surface area (Å²) in [6.07, 6.45) is 13.3. The van der Waals surface area contributed by atoms with Gasteiger partial charge in [-0.1, -0.05) is 52.4 Å². The number of rotatable bonds is 6. The lowest BCUT2D eigenvalue weighted by Crippen LogP contribution is -2.40. The molecule has 3 nitrogen and oxygen atoms in total. The maximum absolute atomic E-state index is 12.4. The molecule has 0 atom stereocenters. The topological polar surface area (TPSA) is 35.5 Å². The van der Waals surface area contributed by atoms with E-state index in [1.807, 2.05) is 0 Å². The molecule has 4 heteroatoms. The SMILES string of the molecule is CCC1(OS(=O)OC2(CC)CCCCC2)CCCCC1. The quantitative estimate of drug-likeness (QED) is 0.705. The predicted octanol–water partition coefficient (Wildman–Crippen LogP) is 4.82. The number of hydrogen-bond donors (Lipinski definition) is 0. The van der Waals surface area contributed by atoms with Crippen molar-refractivity contribution in [1.82, 2.24) is 0 Å². The van der Waals surface area contributed by atoms with E-state index in [0.29, 0.717) is 0 Å². The highest BCUT2D eigenvalue weighted by Gasteiger charge is 2.38. The van der Waals surface area contributed by atoms with Crippen LogP contribution in [0.2, 0.25) is 0 Å². The molecule has 0 aliphatic heterocycles. The smallest absolute Gasteiger partial charge is 0.262 e. The van der Waals surface area contributed by atoms with Gasteiger partial charge in [0.15, 0.2) is 0 Å². The normalized spacial score (nSPS) is 25.8. The van der Waals surface area contributed by atoms with Crippen LogP contribution in [0, 0.1) is 0 Å². The Bertz CT molecular complexity index is 288. The molecule has 2 saturated carbocycles. The van der Waals surface area contributed by atoms with Crippen molar-refractivity contribution < 1.29 is 12.6 Å². The van der Waals surface area contributed by atoms with Crippen molar-refractivity contribution in [3.63, 3.8) is 0 Å². The first-order chi connectivity index (χ1) is 9.64. The van der Waals surface area contributed by atoms with Gasteiger partial charge in [-0.2, -0.15) is 4.21 Å². The molecule has 0 heterocycles. The Kier molecular flexibility index (Phi) is 6.06. The fraction of sp³-hybridized carbons (Fsp3) is 1.00. The van der Waals surface area contributed by atoms with Gasteiger partial charge in [-0.25, -0.2) is 0 Å². The van der Waals surface area contributed by atoms with Crippen molar-refractivity contribution in [2.45, 2.75) is 102 Å². The lowest BCUT2D eigenvalue weighted by molar-refractivity contribution is -0.0137. The summed E-state index contributed by atoms with van der Waals surface area (Å²) in [5.74, 6) is 0. The van der Waals surface area contributed by atoms with E-state index in [0.717, 1.165) is 38.5 Å². The molecule has 2 rings (SSSR count). The Balaban J connectivity index is 1.93. The second-order valence-corrected chi connectivity index (χ2v) is 7.31. The molecule has 0 unspecified atom stereocenters. The van der Waals surface area contributed by atoms with Gasteiger partial charge in [0, 0.05) is 0 Å². The van der Waals surface area contributed by atoms with Gasteiger partial charge in [0.1, 0.15) is 0 Å². The van der Waals surface area contributed by atoms with E-state index in [9.17, 15) is 4.21 Å². The van der Waals surface area contributed by atoms with Crippen LogP contribution in [0.25, 0.3) is 0 Å². The molecule has 0 saturated heterocycles. The number of hydrogen-bond acceptors (Lipinski definition) is 3. The zero-order valence-corrected chi connectivity index (χ0v) is 13.9. The predicted molar refractivity (Wildman–Crippen MR) is 82.5 cm³/mol. The van der Waals surface area contributed by atoms with E-state index >= 15 is 0 Å². The van der Waals surface area contributed by atoms with Crippen LogP contribution in [0.3, 0.4) is 0 Å². The fourth-order valence-electron chi connectivity index (χ4n) is 3.69. The Morgan fingerprint density at radius 1 is 0.750 bits per heavy atom. The summed E-state index contributed by atoms with van der Waals surface area (Å²) in [7, 11) is 0. The summed E-state index contributed by atoms with van der Waals surface area (Å²) in [4.78, 5) is 0. The maximum Gasteiger partial charge on any atom is 0.305 e. The molecular weight excluding hydrogens is 272 g/mol. The second kappa shape index (κ2) is 7.37. The van der Waals surface area contributed by atoms with E-state index in [2.05, 4.69) is 13.8 Å². The molecule has 2 aliphatic rings. The van der Waals surface area contributed by atoms with Crippen LogP contribution in [0.15, 0.2) is 0 Å². The Labute approximate surface area is 126 Å². The third-order valence-electron chi connectivity index (χ3n) is 5.31. The van der Waals surface area contributed by atoms with Gasteiger partial charge in [0.05, 0.1) is 11.2 Å². The summed E-state index contributed by atoms with van der Waals surface area (Å²) in [6.45, 7) is 4.28. The van der Waals surface area contributed by atoms with Crippen LogP contribution in [0.1, 0.15) is 90.9 Å². The van der Waals surface area contributed by atoms with Crippen molar-refractivity contribution in [3.05, 3.63) is 0 Å². The molecule has 0 aromatic rings. The largest absolute Gasteiger partial charge is 0.305 e. The highest BCUT2D eigenvalue weighted by atomic mass is 32.2. The molecule has 0 bridgehead atoms. The molecule has 2 fully saturated rings. The summed E-state index contributed by atoms with van der Waals surface area (Å²) in [5, 5.41) is 0. The highest BCUT2D eigenvalue weighted by molar-refractivity contribution is 7.75. The fourth-order valence-corrected chi connectivity index (χ4v) is 4.87. The summed E-state index contributed by atoms with van der Waals surface area (Å²) in [5.41, 5.74) is -0.403. The van der Waals surface area contributed by atoms with Gasteiger partial charge in [-0.3, -0.25) is 8.37 Å². The molecule has 0 N–H and O–H groups in total. The third kappa shape index (κ3) is 4.05. The monoisotopic (exact) mass is 302 g/mol. The Morgan fingerprint density at radius 3 is 1.40 bits per heavy atom. The van der Waals surface area contributed by atoms with Gasteiger partial charge in [-0.05, 0) is 38.5 Å². The molecule has 0 amide bonds. The van der Waals surface area contributed by atoms with Gasteiger partial charge >= 0.3 is 11.4 Å². The van der Waals surface area contributed by atoms with Crippen molar-refractivity contribution >= 4 is 11.4 Å². The van der Waals surface area contributed by atoms with Crippen LogP contribution < -0.4 is 0 Å². The van der Waals surface area contributed by atoms with Crippen molar-refractivity contribution in [2.24, 2.45) is 0 Å². The van der Waals surface area contributed by atoms with Crippen LogP contribution in [-0.4, -0.2) is 15.4 Å². The van der Waals surface area contributed by atoms with Crippen LogP contribution in [-0.2, 0) is 19.7 Å². The minimum absolute atomic E-state index is 0.202. The molecule has 0 radical (unpaired) electrons. The second-order valence-electron chi connectivity index (χ2n) is 6.57. The van der Waals surface area contributed by atoms with Crippen LogP contribution >= 0.6 is 0 Å². The van der Waals surface area contributed by atoms with E-state index in [1.165, 1.54) is 38.5 Å². The maximum atomic E-state index is 12.4. The van der Waals surface area contributed by atoms with Crippen molar-refractivity contribution in [1.29, 1.82) is 0 Å². The Morgan fingerprint density at radius 2 is 1.10 bits per heavy atom. The minimum atomic E-state index is -1.59. The van der Waals surface area contributed by atoms with E-state index < -0.39 is 11.4 Å². The molecule has 0 spiro atoms. The van der Waals surface area contributed by atoms with Crippen molar-refractivity contribution in [2.75, 3.05) is 0 Å². The van der Waals surface area contributed by atoms with Crippen molar-refractivity contribution in [3.8, 4) is 0 Å². The summed E-state index contributed by atoms with van der Waals surface area (Å²) in [6, 6.07) is 0. The first-order valence-electron chi connectivity index (χ1n) is 8.44.